The standard InChI is InChI=1S/C18H31N/c1-5-7-8-16(6-2)18(19)17-11-9-15(10-12-17)13-14(3)4/h9-12,14,16,18H,5-8,13,19H2,1-4H3. The normalized spacial score (nSPS) is 14.6. The molecular formula is C18H31N. The topological polar surface area (TPSA) is 26.0 Å². The molecule has 1 heteroatoms. The van der Waals surface area contributed by atoms with Gasteiger partial charge in [0.15, 0.2) is 0 Å². The zero-order chi connectivity index (χ0) is 14.3. The first kappa shape index (κ1) is 16.2. The maximum Gasteiger partial charge on any atom is 0.0323 e. The van der Waals surface area contributed by atoms with Gasteiger partial charge in [0.2, 0.25) is 0 Å². The minimum Gasteiger partial charge on any atom is -0.324 e. The van der Waals surface area contributed by atoms with Gasteiger partial charge in [-0.2, -0.15) is 0 Å². The molecule has 2 atom stereocenters. The van der Waals surface area contributed by atoms with Crippen molar-refractivity contribution < 1.29 is 0 Å². The third-order valence-corrected chi connectivity index (χ3v) is 3.97. The van der Waals surface area contributed by atoms with E-state index in [-0.39, 0.29) is 6.04 Å². The molecule has 108 valence electrons. The highest BCUT2D eigenvalue weighted by atomic mass is 14.6. The lowest BCUT2D eigenvalue weighted by molar-refractivity contribution is 0.378. The Morgan fingerprint density at radius 2 is 1.68 bits per heavy atom. The van der Waals surface area contributed by atoms with Gasteiger partial charge in [0.25, 0.3) is 0 Å². The van der Waals surface area contributed by atoms with Gasteiger partial charge in [-0.1, -0.05) is 71.2 Å². The van der Waals surface area contributed by atoms with Gasteiger partial charge in [-0.25, -0.2) is 0 Å². The van der Waals surface area contributed by atoms with E-state index in [1.54, 1.807) is 0 Å². The van der Waals surface area contributed by atoms with Crippen molar-refractivity contribution in [3.05, 3.63) is 35.4 Å². The highest BCUT2D eigenvalue weighted by Gasteiger charge is 2.17. The van der Waals surface area contributed by atoms with Crippen LogP contribution in [0, 0.1) is 11.8 Å². The van der Waals surface area contributed by atoms with Crippen LogP contribution in [0.5, 0.6) is 0 Å². The van der Waals surface area contributed by atoms with Gasteiger partial charge in [0.1, 0.15) is 0 Å². The first-order valence-corrected chi connectivity index (χ1v) is 7.92. The molecule has 0 aliphatic rings. The minimum atomic E-state index is 0.199. The molecule has 0 aliphatic carbocycles. The quantitative estimate of drug-likeness (QED) is 0.692. The summed E-state index contributed by atoms with van der Waals surface area (Å²) in [6.45, 7) is 9.03. The third kappa shape index (κ3) is 5.36. The summed E-state index contributed by atoms with van der Waals surface area (Å²) in [4.78, 5) is 0. The van der Waals surface area contributed by atoms with Crippen molar-refractivity contribution in [1.29, 1.82) is 0 Å². The van der Waals surface area contributed by atoms with Crippen LogP contribution < -0.4 is 5.73 Å². The van der Waals surface area contributed by atoms with Gasteiger partial charge < -0.3 is 5.73 Å². The second-order valence-corrected chi connectivity index (χ2v) is 6.18. The summed E-state index contributed by atoms with van der Waals surface area (Å²) in [6, 6.07) is 9.17. The van der Waals surface area contributed by atoms with Gasteiger partial charge in [-0.3, -0.25) is 0 Å². The van der Waals surface area contributed by atoms with E-state index in [2.05, 4.69) is 52.0 Å². The minimum absolute atomic E-state index is 0.199. The highest BCUT2D eigenvalue weighted by molar-refractivity contribution is 5.25. The predicted molar refractivity (Wildman–Crippen MR) is 85.2 cm³/mol. The molecule has 0 aliphatic heterocycles. The molecule has 19 heavy (non-hydrogen) atoms. The second kappa shape index (κ2) is 8.37. The van der Waals surface area contributed by atoms with Crippen molar-refractivity contribution in [2.45, 2.75) is 65.8 Å². The molecule has 1 rings (SSSR count). The molecule has 0 aromatic heterocycles. The Bertz CT molecular complexity index is 339. The Morgan fingerprint density at radius 3 is 2.16 bits per heavy atom. The molecule has 0 saturated heterocycles. The Morgan fingerprint density at radius 1 is 1.05 bits per heavy atom. The summed E-state index contributed by atoms with van der Waals surface area (Å²) in [5.41, 5.74) is 9.17. The molecule has 0 amide bonds. The molecule has 0 fully saturated rings. The van der Waals surface area contributed by atoms with Crippen LogP contribution in [-0.4, -0.2) is 0 Å². The second-order valence-electron chi connectivity index (χ2n) is 6.18. The number of rotatable bonds is 8. The maximum absolute atomic E-state index is 6.44. The molecule has 0 bridgehead atoms. The van der Waals surface area contributed by atoms with Crippen LogP contribution in [0.4, 0.5) is 0 Å². The van der Waals surface area contributed by atoms with Crippen molar-refractivity contribution in [3.8, 4) is 0 Å². The molecule has 0 heterocycles. The highest BCUT2D eigenvalue weighted by Crippen LogP contribution is 2.27. The van der Waals surface area contributed by atoms with E-state index in [9.17, 15) is 0 Å². The third-order valence-electron chi connectivity index (χ3n) is 3.97. The lowest BCUT2D eigenvalue weighted by Crippen LogP contribution is -2.21. The van der Waals surface area contributed by atoms with Crippen molar-refractivity contribution in [1.82, 2.24) is 0 Å². The number of benzene rings is 1. The Labute approximate surface area is 119 Å². The van der Waals surface area contributed by atoms with Crippen molar-refractivity contribution in [3.63, 3.8) is 0 Å². The van der Waals surface area contributed by atoms with E-state index in [0.717, 1.165) is 6.42 Å². The molecule has 1 nitrogen and oxygen atoms in total. The zero-order valence-corrected chi connectivity index (χ0v) is 13.2. The average molecular weight is 261 g/mol. The first-order valence-electron chi connectivity index (χ1n) is 7.92. The zero-order valence-electron chi connectivity index (χ0n) is 13.2. The van der Waals surface area contributed by atoms with Crippen LogP contribution in [0.1, 0.15) is 70.5 Å². The summed E-state index contributed by atoms with van der Waals surface area (Å²) in [6.07, 6.45) is 6.13. The van der Waals surface area contributed by atoms with Crippen LogP contribution in [0.15, 0.2) is 24.3 Å². The molecule has 0 saturated carbocycles. The largest absolute Gasteiger partial charge is 0.324 e. The number of hydrogen-bond acceptors (Lipinski definition) is 1. The van der Waals surface area contributed by atoms with E-state index in [0.29, 0.717) is 11.8 Å². The SMILES string of the molecule is CCCCC(CC)C(N)c1ccc(CC(C)C)cc1. The van der Waals surface area contributed by atoms with Crippen LogP contribution >= 0.6 is 0 Å². The fourth-order valence-corrected chi connectivity index (χ4v) is 2.72. The molecule has 0 radical (unpaired) electrons. The average Bonchev–Trinajstić information content (AvgIpc) is 2.39. The van der Waals surface area contributed by atoms with Crippen LogP contribution in [0.2, 0.25) is 0 Å². The van der Waals surface area contributed by atoms with Gasteiger partial charge in [-0.15, -0.1) is 0 Å². The lowest BCUT2D eigenvalue weighted by atomic mass is 9.87. The van der Waals surface area contributed by atoms with Crippen LogP contribution in [0.3, 0.4) is 0 Å². The molecular weight excluding hydrogens is 230 g/mol. The van der Waals surface area contributed by atoms with Crippen molar-refractivity contribution >= 4 is 0 Å². The van der Waals surface area contributed by atoms with Gasteiger partial charge >= 0.3 is 0 Å². The van der Waals surface area contributed by atoms with E-state index < -0.39 is 0 Å². The lowest BCUT2D eigenvalue weighted by Gasteiger charge is -2.23. The Kier molecular flexibility index (Phi) is 7.15. The molecule has 2 unspecified atom stereocenters. The predicted octanol–water partition coefficient (Wildman–Crippen LogP) is 5.10. The summed E-state index contributed by atoms with van der Waals surface area (Å²) < 4.78 is 0. The monoisotopic (exact) mass is 261 g/mol. The summed E-state index contributed by atoms with van der Waals surface area (Å²) in [5, 5.41) is 0. The fourth-order valence-electron chi connectivity index (χ4n) is 2.72. The molecule has 1 aromatic rings. The molecule has 0 spiro atoms. The van der Waals surface area contributed by atoms with E-state index in [1.807, 2.05) is 0 Å². The van der Waals surface area contributed by atoms with Crippen LogP contribution in [0.25, 0.3) is 0 Å². The first-order chi connectivity index (χ1) is 9.08. The maximum atomic E-state index is 6.44. The van der Waals surface area contributed by atoms with Crippen molar-refractivity contribution in [2.75, 3.05) is 0 Å². The smallest absolute Gasteiger partial charge is 0.0323 e. The summed E-state index contributed by atoms with van der Waals surface area (Å²) in [7, 11) is 0. The summed E-state index contributed by atoms with van der Waals surface area (Å²) in [5.74, 6) is 1.34. The molecule has 1 aromatic carbocycles. The molecule has 2 N–H and O–H groups in total. The van der Waals surface area contributed by atoms with E-state index in [1.165, 1.54) is 36.8 Å². The van der Waals surface area contributed by atoms with Crippen molar-refractivity contribution in [2.24, 2.45) is 17.6 Å². The van der Waals surface area contributed by atoms with E-state index in [4.69, 9.17) is 5.73 Å². The van der Waals surface area contributed by atoms with Gasteiger partial charge in [0, 0.05) is 6.04 Å². The fraction of sp³-hybridized carbons (Fsp3) is 0.667. The Hall–Kier alpha value is -0.820. The number of unbranched alkanes of at least 4 members (excludes halogenated alkanes) is 1. The van der Waals surface area contributed by atoms with E-state index >= 15 is 0 Å². The summed E-state index contributed by atoms with van der Waals surface area (Å²) >= 11 is 0. The number of nitrogens with two attached hydrogens (primary N) is 1. The van der Waals surface area contributed by atoms with Gasteiger partial charge in [0.05, 0.1) is 0 Å². The van der Waals surface area contributed by atoms with Crippen LogP contribution in [-0.2, 0) is 6.42 Å². The van der Waals surface area contributed by atoms with Gasteiger partial charge in [-0.05, 0) is 35.8 Å². The Balaban J connectivity index is 2.67. The number of hydrogen-bond donors (Lipinski definition) is 1.